The monoisotopic (exact) mass is 250 g/mol. The molecular weight excluding hydrogens is 228 g/mol. The summed E-state index contributed by atoms with van der Waals surface area (Å²) < 4.78 is 5.20. The molecule has 18 heavy (non-hydrogen) atoms. The zero-order chi connectivity index (χ0) is 13.5. The molecule has 4 heteroatoms. The summed E-state index contributed by atoms with van der Waals surface area (Å²) >= 11 is 0. The van der Waals surface area contributed by atoms with Gasteiger partial charge in [-0.05, 0) is 19.4 Å². The summed E-state index contributed by atoms with van der Waals surface area (Å²) in [6.07, 6.45) is 1.93. The fourth-order valence-corrected chi connectivity index (χ4v) is 1.79. The zero-order valence-corrected chi connectivity index (χ0v) is 11.6. The molecule has 0 saturated heterocycles. The maximum Gasteiger partial charge on any atom is 0.223 e. The van der Waals surface area contributed by atoms with Crippen LogP contribution in [0.1, 0.15) is 37.9 Å². The number of methoxy groups -OCH3 is 1. The second-order valence-corrected chi connectivity index (χ2v) is 4.53. The highest BCUT2D eigenvalue weighted by atomic mass is 16.5. The first-order valence-corrected chi connectivity index (χ1v) is 6.36. The molecular formula is C14H22N2O2. The van der Waals surface area contributed by atoms with E-state index in [4.69, 9.17) is 4.74 Å². The number of nitrogens with zero attached hydrogens (tertiary/aromatic N) is 1. The molecule has 1 aromatic heterocycles. The summed E-state index contributed by atoms with van der Waals surface area (Å²) in [5, 5.41) is 2.92. The van der Waals surface area contributed by atoms with Crippen LogP contribution < -0.4 is 10.1 Å². The summed E-state index contributed by atoms with van der Waals surface area (Å²) in [7, 11) is 1.59. The van der Waals surface area contributed by atoms with Crippen molar-refractivity contribution in [2.45, 2.75) is 40.2 Å². The van der Waals surface area contributed by atoms with E-state index in [-0.39, 0.29) is 11.8 Å². The molecule has 0 fully saturated rings. The van der Waals surface area contributed by atoms with Crippen molar-refractivity contribution in [2.24, 2.45) is 5.92 Å². The fourth-order valence-electron chi connectivity index (χ4n) is 1.79. The molecule has 0 aromatic carbocycles. The Labute approximate surface area is 109 Å². The summed E-state index contributed by atoms with van der Waals surface area (Å²) in [5.74, 6) is 0.720. The van der Waals surface area contributed by atoms with E-state index in [1.807, 2.05) is 26.0 Å². The van der Waals surface area contributed by atoms with E-state index < -0.39 is 0 Å². The second-order valence-electron chi connectivity index (χ2n) is 4.53. The molecule has 1 aromatic rings. The van der Waals surface area contributed by atoms with Gasteiger partial charge in [0.05, 0.1) is 7.11 Å². The highest BCUT2D eigenvalue weighted by molar-refractivity contribution is 5.78. The number of pyridine rings is 1. The van der Waals surface area contributed by atoms with Gasteiger partial charge in [-0.3, -0.25) is 4.79 Å². The standard InChI is InChI=1S/C14H22N2O2/c1-5-6-10(2)13(17)15-9-12-8-7-11(3)16-14(12)18-4/h7-8,10H,5-6,9H2,1-4H3,(H,15,17)/t10-/m1/s1. The van der Waals surface area contributed by atoms with Gasteiger partial charge >= 0.3 is 0 Å². The maximum absolute atomic E-state index is 11.8. The lowest BCUT2D eigenvalue weighted by molar-refractivity contribution is -0.124. The van der Waals surface area contributed by atoms with Crippen molar-refractivity contribution >= 4 is 5.91 Å². The van der Waals surface area contributed by atoms with Crippen molar-refractivity contribution in [1.82, 2.24) is 10.3 Å². The van der Waals surface area contributed by atoms with E-state index in [0.29, 0.717) is 12.4 Å². The molecule has 0 aliphatic heterocycles. The van der Waals surface area contributed by atoms with Crippen LogP contribution in [0.5, 0.6) is 5.88 Å². The quantitative estimate of drug-likeness (QED) is 0.843. The molecule has 0 bridgehead atoms. The summed E-state index contributed by atoms with van der Waals surface area (Å²) in [5.41, 5.74) is 1.81. The number of carbonyl (C=O) groups is 1. The molecule has 0 spiro atoms. The number of aromatic nitrogens is 1. The van der Waals surface area contributed by atoms with E-state index >= 15 is 0 Å². The lowest BCUT2D eigenvalue weighted by atomic mass is 10.1. The van der Waals surface area contributed by atoms with Crippen LogP contribution >= 0.6 is 0 Å². The minimum Gasteiger partial charge on any atom is -0.481 e. The first-order chi connectivity index (χ1) is 8.58. The second kappa shape index (κ2) is 6.99. The van der Waals surface area contributed by atoms with Gasteiger partial charge in [0.2, 0.25) is 11.8 Å². The Hall–Kier alpha value is -1.58. The van der Waals surface area contributed by atoms with Gasteiger partial charge in [0, 0.05) is 23.7 Å². The number of aryl methyl sites for hydroxylation is 1. The third kappa shape index (κ3) is 4.02. The van der Waals surface area contributed by atoms with Crippen LogP contribution in [0.25, 0.3) is 0 Å². The maximum atomic E-state index is 11.8. The van der Waals surface area contributed by atoms with Crippen LogP contribution in [0.3, 0.4) is 0 Å². The molecule has 1 heterocycles. The average Bonchev–Trinajstić information content (AvgIpc) is 2.37. The number of hydrogen-bond donors (Lipinski definition) is 1. The van der Waals surface area contributed by atoms with Crippen molar-refractivity contribution in [2.75, 3.05) is 7.11 Å². The highest BCUT2D eigenvalue weighted by Crippen LogP contribution is 2.15. The Morgan fingerprint density at radius 1 is 1.50 bits per heavy atom. The molecule has 0 unspecified atom stereocenters. The lowest BCUT2D eigenvalue weighted by Crippen LogP contribution is -2.28. The predicted octanol–water partition coefficient (Wildman–Crippen LogP) is 2.45. The molecule has 0 radical (unpaired) electrons. The fraction of sp³-hybridized carbons (Fsp3) is 0.571. The van der Waals surface area contributed by atoms with Crippen LogP contribution in [-0.4, -0.2) is 18.0 Å². The van der Waals surface area contributed by atoms with Gasteiger partial charge in [0.25, 0.3) is 0 Å². The van der Waals surface area contributed by atoms with Crippen molar-refractivity contribution in [3.05, 3.63) is 23.4 Å². The number of rotatable bonds is 6. The van der Waals surface area contributed by atoms with E-state index in [1.54, 1.807) is 7.11 Å². The SMILES string of the molecule is CCC[C@@H](C)C(=O)NCc1ccc(C)nc1OC. The van der Waals surface area contributed by atoms with E-state index in [2.05, 4.69) is 17.2 Å². The van der Waals surface area contributed by atoms with Gasteiger partial charge < -0.3 is 10.1 Å². The predicted molar refractivity (Wildman–Crippen MR) is 71.4 cm³/mol. The number of nitrogens with one attached hydrogen (secondary N) is 1. The first-order valence-electron chi connectivity index (χ1n) is 6.36. The van der Waals surface area contributed by atoms with Gasteiger partial charge in [-0.15, -0.1) is 0 Å². The van der Waals surface area contributed by atoms with Gasteiger partial charge in [-0.1, -0.05) is 26.3 Å². The third-order valence-electron chi connectivity index (χ3n) is 2.89. The molecule has 0 aliphatic rings. The molecule has 1 N–H and O–H groups in total. The van der Waals surface area contributed by atoms with Crippen LogP contribution in [-0.2, 0) is 11.3 Å². The van der Waals surface area contributed by atoms with Crippen LogP contribution in [0, 0.1) is 12.8 Å². The summed E-state index contributed by atoms with van der Waals surface area (Å²) in [6, 6.07) is 3.85. The van der Waals surface area contributed by atoms with Crippen LogP contribution in [0.15, 0.2) is 12.1 Å². The number of hydrogen-bond acceptors (Lipinski definition) is 3. The molecule has 1 rings (SSSR count). The van der Waals surface area contributed by atoms with Gasteiger partial charge in [-0.25, -0.2) is 4.98 Å². The Bertz CT molecular complexity index is 405. The molecule has 100 valence electrons. The third-order valence-corrected chi connectivity index (χ3v) is 2.89. The van der Waals surface area contributed by atoms with E-state index in [0.717, 1.165) is 24.1 Å². The lowest BCUT2D eigenvalue weighted by Gasteiger charge is -2.12. The van der Waals surface area contributed by atoms with E-state index in [1.165, 1.54) is 0 Å². The Morgan fingerprint density at radius 3 is 2.83 bits per heavy atom. The molecule has 1 atom stereocenters. The normalized spacial score (nSPS) is 12.0. The van der Waals surface area contributed by atoms with Crippen LogP contribution in [0.4, 0.5) is 0 Å². The smallest absolute Gasteiger partial charge is 0.223 e. The van der Waals surface area contributed by atoms with Gasteiger partial charge in [-0.2, -0.15) is 0 Å². The Kier molecular flexibility index (Phi) is 5.62. The molecule has 0 aliphatic carbocycles. The molecule has 0 saturated carbocycles. The number of carbonyl (C=O) groups excluding carboxylic acids is 1. The van der Waals surface area contributed by atoms with Crippen molar-refractivity contribution in [3.8, 4) is 5.88 Å². The Morgan fingerprint density at radius 2 is 2.22 bits per heavy atom. The van der Waals surface area contributed by atoms with Gasteiger partial charge in [0.1, 0.15) is 0 Å². The first kappa shape index (κ1) is 14.5. The molecule has 1 amide bonds. The van der Waals surface area contributed by atoms with Crippen molar-refractivity contribution in [3.63, 3.8) is 0 Å². The summed E-state index contributed by atoms with van der Waals surface area (Å²) in [6.45, 7) is 6.40. The average molecular weight is 250 g/mol. The zero-order valence-electron chi connectivity index (χ0n) is 11.6. The highest BCUT2D eigenvalue weighted by Gasteiger charge is 2.12. The number of amides is 1. The minimum atomic E-state index is 0.0550. The van der Waals surface area contributed by atoms with Crippen molar-refractivity contribution in [1.29, 1.82) is 0 Å². The van der Waals surface area contributed by atoms with E-state index in [9.17, 15) is 4.79 Å². The van der Waals surface area contributed by atoms with Crippen molar-refractivity contribution < 1.29 is 9.53 Å². The number of ether oxygens (including phenoxy) is 1. The topological polar surface area (TPSA) is 51.2 Å². The molecule has 4 nitrogen and oxygen atoms in total. The largest absolute Gasteiger partial charge is 0.481 e. The minimum absolute atomic E-state index is 0.0550. The van der Waals surface area contributed by atoms with Crippen LogP contribution in [0.2, 0.25) is 0 Å². The summed E-state index contributed by atoms with van der Waals surface area (Å²) in [4.78, 5) is 16.1. The van der Waals surface area contributed by atoms with Gasteiger partial charge in [0.15, 0.2) is 0 Å². The Balaban J connectivity index is 2.60.